The lowest BCUT2D eigenvalue weighted by molar-refractivity contribution is -0.140. The zero-order valence-corrected chi connectivity index (χ0v) is 9.07. The van der Waals surface area contributed by atoms with Crippen LogP contribution in [0.2, 0.25) is 0 Å². The van der Waals surface area contributed by atoms with Crippen molar-refractivity contribution >= 4 is 33.2 Å². The molecule has 4 heteroatoms. The van der Waals surface area contributed by atoms with Crippen LogP contribution < -0.4 is 0 Å². The fourth-order valence-corrected chi connectivity index (χ4v) is 2.30. The van der Waals surface area contributed by atoms with E-state index in [1.54, 1.807) is 11.3 Å². The highest BCUT2D eigenvalue weighted by Gasteiger charge is 2.02. The predicted octanol–water partition coefficient (Wildman–Crippen LogP) is 2.62. The van der Waals surface area contributed by atoms with Crippen molar-refractivity contribution in [3.8, 4) is 0 Å². The maximum absolute atomic E-state index is 10.8. The van der Waals surface area contributed by atoms with Crippen LogP contribution >= 0.6 is 27.3 Å². The molecule has 0 radical (unpaired) electrons. The van der Waals surface area contributed by atoms with Gasteiger partial charge < -0.3 is 4.74 Å². The Balaban J connectivity index is 2.38. The number of thiophene rings is 1. The van der Waals surface area contributed by atoms with Gasteiger partial charge in [-0.3, -0.25) is 4.79 Å². The van der Waals surface area contributed by atoms with Crippen LogP contribution in [0.4, 0.5) is 0 Å². The maximum Gasteiger partial charge on any atom is 0.305 e. The minimum Gasteiger partial charge on any atom is -0.469 e. The number of methoxy groups -OCH3 is 1. The fraction of sp³-hybridized carbons (Fsp3) is 0.375. The Morgan fingerprint density at radius 3 is 2.92 bits per heavy atom. The molecule has 0 aromatic carbocycles. The third kappa shape index (κ3) is 2.95. The number of ether oxygens (including phenoxy) is 1. The summed E-state index contributed by atoms with van der Waals surface area (Å²) in [4.78, 5) is 12.0. The van der Waals surface area contributed by atoms with E-state index in [-0.39, 0.29) is 5.97 Å². The van der Waals surface area contributed by atoms with Crippen LogP contribution in [0, 0.1) is 0 Å². The van der Waals surface area contributed by atoms with Crippen molar-refractivity contribution in [3.05, 3.63) is 20.8 Å². The van der Waals surface area contributed by atoms with Crippen molar-refractivity contribution in [2.45, 2.75) is 12.8 Å². The summed E-state index contributed by atoms with van der Waals surface area (Å²) >= 11 is 5.01. The van der Waals surface area contributed by atoms with E-state index in [1.807, 2.05) is 12.1 Å². The number of esters is 1. The van der Waals surface area contributed by atoms with Crippen molar-refractivity contribution in [2.75, 3.05) is 7.11 Å². The van der Waals surface area contributed by atoms with E-state index < -0.39 is 0 Å². The first kappa shape index (κ1) is 9.74. The maximum atomic E-state index is 10.8. The van der Waals surface area contributed by atoms with E-state index in [9.17, 15) is 4.79 Å². The van der Waals surface area contributed by atoms with E-state index in [2.05, 4.69) is 20.7 Å². The Bertz CT molecular complexity index is 270. The largest absolute Gasteiger partial charge is 0.469 e. The minimum absolute atomic E-state index is 0.153. The van der Waals surface area contributed by atoms with Gasteiger partial charge >= 0.3 is 5.97 Å². The van der Waals surface area contributed by atoms with Crippen LogP contribution in [0.3, 0.4) is 0 Å². The minimum atomic E-state index is -0.153. The van der Waals surface area contributed by atoms with Gasteiger partial charge in [0.25, 0.3) is 0 Å². The van der Waals surface area contributed by atoms with Crippen molar-refractivity contribution in [2.24, 2.45) is 0 Å². The molecule has 0 fully saturated rings. The molecule has 0 aliphatic carbocycles. The summed E-state index contributed by atoms with van der Waals surface area (Å²) in [5, 5.41) is 0. The molecule has 0 saturated carbocycles. The van der Waals surface area contributed by atoms with E-state index in [0.29, 0.717) is 6.42 Å². The van der Waals surface area contributed by atoms with Crippen LogP contribution in [-0.4, -0.2) is 13.1 Å². The van der Waals surface area contributed by atoms with Gasteiger partial charge in [0, 0.05) is 4.88 Å². The highest BCUT2D eigenvalue weighted by molar-refractivity contribution is 9.11. The third-order valence-electron chi connectivity index (χ3n) is 1.43. The average molecular weight is 249 g/mol. The van der Waals surface area contributed by atoms with E-state index in [1.165, 1.54) is 12.0 Å². The summed E-state index contributed by atoms with van der Waals surface area (Å²) in [5.74, 6) is -0.153. The molecule has 1 aromatic rings. The number of aryl methyl sites for hydroxylation is 1. The summed E-state index contributed by atoms with van der Waals surface area (Å²) in [6.45, 7) is 0. The summed E-state index contributed by atoms with van der Waals surface area (Å²) in [7, 11) is 1.41. The van der Waals surface area contributed by atoms with Crippen LogP contribution in [0.15, 0.2) is 15.9 Å². The number of rotatable bonds is 3. The lowest BCUT2D eigenvalue weighted by Crippen LogP contribution is -2.00. The smallest absolute Gasteiger partial charge is 0.305 e. The summed E-state index contributed by atoms with van der Waals surface area (Å²) < 4.78 is 5.63. The predicted molar refractivity (Wildman–Crippen MR) is 52.4 cm³/mol. The van der Waals surface area contributed by atoms with Gasteiger partial charge in [-0.25, -0.2) is 0 Å². The SMILES string of the molecule is COC(=O)CCc1ccc(Br)s1. The average Bonchev–Trinajstić information content (AvgIpc) is 2.47. The van der Waals surface area contributed by atoms with E-state index in [0.717, 1.165) is 10.2 Å². The topological polar surface area (TPSA) is 26.3 Å². The van der Waals surface area contributed by atoms with Gasteiger partial charge in [-0.1, -0.05) is 0 Å². The Morgan fingerprint density at radius 1 is 1.67 bits per heavy atom. The Kier molecular flexibility index (Phi) is 3.75. The standard InChI is InChI=1S/C8H9BrO2S/c1-11-8(10)5-3-6-2-4-7(9)12-6/h2,4H,3,5H2,1H3. The first-order valence-electron chi connectivity index (χ1n) is 3.53. The highest BCUT2D eigenvalue weighted by Crippen LogP contribution is 2.22. The molecule has 12 heavy (non-hydrogen) atoms. The number of hydrogen-bond donors (Lipinski definition) is 0. The molecule has 0 atom stereocenters. The molecule has 0 unspecified atom stereocenters. The third-order valence-corrected chi connectivity index (χ3v) is 3.12. The Hall–Kier alpha value is -0.350. The van der Waals surface area contributed by atoms with Crippen molar-refractivity contribution in [3.63, 3.8) is 0 Å². The molecule has 2 nitrogen and oxygen atoms in total. The van der Waals surface area contributed by atoms with Crippen LogP contribution in [-0.2, 0) is 16.0 Å². The van der Waals surface area contributed by atoms with Crippen molar-refractivity contribution in [1.29, 1.82) is 0 Å². The molecule has 0 aliphatic heterocycles. The van der Waals surface area contributed by atoms with Gasteiger partial charge in [-0.2, -0.15) is 0 Å². The van der Waals surface area contributed by atoms with Gasteiger partial charge in [0.1, 0.15) is 0 Å². The monoisotopic (exact) mass is 248 g/mol. The zero-order chi connectivity index (χ0) is 8.97. The Labute approximate surface area is 83.7 Å². The molecule has 0 N–H and O–H groups in total. The molecule has 0 amide bonds. The summed E-state index contributed by atoms with van der Waals surface area (Å²) in [6.07, 6.45) is 1.23. The molecular weight excluding hydrogens is 240 g/mol. The lowest BCUT2D eigenvalue weighted by atomic mass is 10.3. The van der Waals surface area contributed by atoms with Crippen molar-refractivity contribution < 1.29 is 9.53 Å². The van der Waals surface area contributed by atoms with Gasteiger partial charge in [-0.05, 0) is 34.5 Å². The second-order valence-corrected chi connectivity index (χ2v) is 4.83. The first-order valence-corrected chi connectivity index (χ1v) is 5.14. The van der Waals surface area contributed by atoms with Crippen LogP contribution in [0.25, 0.3) is 0 Å². The number of halogens is 1. The molecule has 0 saturated heterocycles. The second kappa shape index (κ2) is 4.62. The normalized spacial score (nSPS) is 9.83. The molecule has 1 heterocycles. The number of hydrogen-bond acceptors (Lipinski definition) is 3. The number of carbonyl (C=O) groups is 1. The highest BCUT2D eigenvalue weighted by atomic mass is 79.9. The molecular formula is C8H9BrO2S. The zero-order valence-electron chi connectivity index (χ0n) is 6.67. The lowest BCUT2D eigenvalue weighted by Gasteiger charge is -1.95. The molecule has 0 spiro atoms. The second-order valence-electron chi connectivity index (χ2n) is 2.28. The Morgan fingerprint density at radius 2 is 2.42 bits per heavy atom. The molecule has 1 rings (SSSR count). The van der Waals surface area contributed by atoms with E-state index >= 15 is 0 Å². The van der Waals surface area contributed by atoms with Gasteiger partial charge in [0.15, 0.2) is 0 Å². The van der Waals surface area contributed by atoms with Crippen LogP contribution in [0.1, 0.15) is 11.3 Å². The van der Waals surface area contributed by atoms with Gasteiger partial charge in [0.2, 0.25) is 0 Å². The first-order chi connectivity index (χ1) is 5.72. The number of carbonyl (C=O) groups excluding carboxylic acids is 1. The van der Waals surface area contributed by atoms with Crippen LogP contribution in [0.5, 0.6) is 0 Å². The van der Waals surface area contributed by atoms with E-state index in [4.69, 9.17) is 0 Å². The van der Waals surface area contributed by atoms with Gasteiger partial charge in [0.05, 0.1) is 17.3 Å². The molecule has 0 aliphatic rings. The fourth-order valence-electron chi connectivity index (χ4n) is 0.813. The molecule has 0 bridgehead atoms. The van der Waals surface area contributed by atoms with Crippen molar-refractivity contribution in [1.82, 2.24) is 0 Å². The van der Waals surface area contributed by atoms with Gasteiger partial charge in [-0.15, -0.1) is 11.3 Å². The summed E-state index contributed by atoms with van der Waals surface area (Å²) in [5.41, 5.74) is 0. The summed E-state index contributed by atoms with van der Waals surface area (Å²) in [6, 6.07) is 4.00. The molecule has 1 aromatic heterocycles. The quantitative estimate of drug-likeness (QED) is 0.769. The molecule has 66 valence electrons.